The third kappa shape index (κ3) is 4.63. The molecule has 142 valence electrons. The lowest BCUT2D eigenvalue weighted by Crippen LogP contribution is -2.37. The van der Waals surface area contributed by atoms with Crippen LogP contribution < -0.4 is 15.5 Å². The summed E-state index contributed by atoms with van der Waals surface area (Å²) in [6.07, 6.45) is 3.52. The lowest BCUT2D eigenvalue weighted by molar-refractivity contribution is -0.384. The average molecular weight is 372 g/mol. The van der Waals surface area contributed by atoms with Gasteiger partial charge in [0.15, 0.2) is 0 Å². The lowest BCUT2D eigenvalue weighted by atomic mass is 10.1. The molecular formula is C18H20N4O5. The Morgan fingerprint density at radius 2 is 1.96 bits per heavy atom. The van der Waals surface area contributed by atoms with Crippen LogP contribution in [0.2, 0.25) is 0 Å². The topological polar surface area (TPSA) is 118 Å². The Morgan fingerprint density at radius 3 is 2.63 bits per heavy atom. The number of amides is 2. The van der Waals surface area contributed by atoms with Crippen molar-refractivity contribution < 1.29 is 18.9 Å². The largest absolute Gasteiger partial charge is 0.467 e. The summed E-state index contributed by atoms with van der Waals surface area (Å²) in [6, 6.07) is 7.68. The number of carbonyl (C=O) groups excluding carboxylic acids is 2. The third-order valence-electron chi connectivity index (χ3n) is 4.33. The number of anilines is 1. The molecule has 2 N–H and O–H groups in total. The maximum Gasteiger partial charge on any atom is 0.270 e. The molecule has 1 aromatic carbocycles. The van der Waals surface area contributed by atoms with Gasteiger partial charge in [-0.05, 0) is 31.0 Å². The number of nitro benzene ring substituents is 1. The predicted molar refractivity (Wildman–Crippen MR) is 97.4 cm³/mol. The molecular weight excluding hydrogens is 352 g/mol. The molecule has 2 heterocycles. The average Bonchev–Trinajstić information content (AvgIpc) is 3.37. The van der Waals surface area contributed by atoms with Crippen molar-refractivity contribution in [3.63, 3.8) is 0 Å². The van der Waals surface area contributed by atoms with Crippen LogP contribution in [0.1, 0.15) is 29.0 Å². The fourth-order valence-corrected chi connectivity index (χ4v) is 2.97. The summed E-state index contributed by atoms with van der Waals surface area (Å²) in [5, 5.41) is 16.2. The molecule has 0 bridgehead atoms. The van der Waals surface area contributed by atoms with E-state index in [1.807, 2.05) is 4.90 Å². The number of carbonyl (C=O) groups is 2. The van der Waals surface area contributed by atoms with Gasteiger partial charge >= 0.3 is 0 Å². The molecule has 1 saturated heterocycles. The summed E-state index contributed by atoms with van der Waals surface area (Å²) in [5.41, 5.74) is 0.682. The quantitative estimate of drug-likeness (QED) is 0.566. The van der Waals surface area contributed by atoms with E-state index in [2.05, 4.69) is 10.6 Å². The fourth-order valence-electron chi connectivity index (χ4n) is 2.97. The number of nitrogens with one attached hydrogen (secondary N) is 2. The highest BCUT2D eigenvalue weighted by Crippen LogP contribution is 2.28. The number of nitro groups is 1. The summed E-state index contributed by atoms with van der Waals surface area (Å²) in [6.45, 7) is 1.57. The summed E-state index contributed by atoms with van der Waals surface area (Å²) < 4.78 is 5.12. The van der Waals surface area contributed by atoms with E-state index in [0.29, 0.717) is 11.4 Å². The van der Waals surface area contributed by atoms with Crippen LogP contribution in [-0.2, 0) is 11.3 Å². The zero-order chi connectivity index (χ0) is 19.2. The number of nitrogens with zero attached hydrogens (tertiary/aromatic N) is 2. The van der Waals surface area contributed by atoms with Gasteiger partial charge in [-0.25, -0.2) is 0 Å². The molecule has 1 aromatic heterocycles. The van der Waals surface area contributed by atoms with Crippen LogP contribution in [0.25, 0.3) is 0 Å². The molecule has 0 saturated carbocycles. The molecule has 2 aromatic rings. The van der Waals surface area contributed by atoms with Crippen molar-refractivity contribution in [1.82, 2.24) is 10.6 Å². The SMILES string of the molecule is O=C(CNC(=O)c1cc([N+](=O)[O-])ccc1N1CCCC1)NCc1ccco1. The minimum absolute atomic E-state index is 0.162. The van der Waals surface area contributed by atoms with Crippen molar-refractivity contribution in [3.05, 3.63) is 58.0 Å². The molecule has 1 aliphatic rings. The molecule has 0 atom stereocenters. The minimum Gasteiger partial charge on any atom is -0.467 e. The molecule has 1 aliphatic heterocycles. The smallest absolute Gasteiger partial charge is 0.270 e. The van der Waals surface area contributed by atoms with Crippen LogP contribution in [0.4, 0.5) is 11.4 Å². The second-order valence-electron chi connectivity index (χ2n) is 6.19. The van der Waals surface area contributed by atoms with Gasteiger partial charge in [0.1, 0.15) is 5.76 Å². The number of benzene rings is 1. The van der Waals surface area contributed by atoms with Gasteiger partial charge < -0.3 is 20.0 Å². The van der Waals surface area contributed by atoms with Crippen LogP contribution in [0.3, 0.4) is 0 Å². The number of rotatable bonds is 7. The second-order valence-corrected chi connectivity index (χ2v) is 6.19. The second kappa shape index (κ2) is 8.35. The minimum atomic E-state index is -0.541. The molecule has 9 heteroatoms. The van der Waals surface area contributed by atoms with Crippen LogP contribution in [0.15, 0.2) is 41.0 Å². The van der Waals surface area contributed by atoms with Crippen LogP contribution in [0, 0.1) is 10.1 Å². The number of hydrogen-bond acceptors (Lipinski definition) is 6. The Labute approximate surface area is 155 Å². The van der Waals surface area contributed by atoms with Crippen LogP contribution in [-0.4, -0.2) is 36.4 Å². The van der Waals surface area contributed by atoms with Crippen molar-refractivity contribution in [2.45, 2.75) is 19.4 Å². The normalized spacial score (nSPS) is 13.4. The van der Waals surface area contributed by atoms with E-state index >= 15 is 0 Å². The first-order chi connectivity index (χ1) is 13.0. The summed E-state index contributed by atoms with van der Waals surface area (Å²) in [5.74, 6) is -0.300. The molecule has 0 aliphatic carbocycles. The van der Waals surface area contributed by atoms with E-state index in [1.165, 1.54) is 18.4 Å². The van der Waals surface area contributed by atoms with Gasteiger partial charge in [-0.3, -0.25) is 19.7 Å². The Morgan fingerprint density at radius 1 is 1.19 bits per heavy atom. The highest BCUT2D eigenvalue weighted by Gasteiger charge is 2.22. The van der Waals surface area contributed by atoms with Gasteiger partial charge in [0.05, 0.1) is 35.5 Å². The van der Waals surface area contributed by atoms with E-state index in [0.717, 1.165) is 25.9 Å². The van der Waals surface area contributed by atoms with E-state index in [4.69, 9.17) is 4.42 Å². The standard InChI is InChI=1S/C18H20N4O5/c23-17(19-11-14-4-3-9-27-14)12-20-18(24)15-10-13(22(25)26)5-6-16(15)21-7-1-2-8-21/h3-6,9-10H,1-2,7-8,11-12H2,(H,19,23)(H,20,24). The highest BCUT2D eigenvalue weighted by atomic mass is 16.6. The summed E-state index contributed by atoms with van der Waals surface area (Å²) >= 11 is 0. The van der Waals surface area contributed by atoms with Crippen LogP contribution in [0.5, 0.6) is 0 Å². The fraction of sp³-hybridized carbons (Fsp3) is 0.333. The summed E-state index contributed by atoms with van der Waals surface area (Å²) in [7, 11) is 0. The first kappa shape index (κ1) is 18.4. The number of non-ortho nitro benzene ring substituents is 1. The molecule has 2 amide bonds. The first-order valence-electron chi connectivity index (χ1n) is 8.65. The Balaban J connectivity index is 1.65. The monoisotopic (exact) mass is 372 g/mol. The molecule has 27 heavy (non-hydrogen) atoms. The van der Waals surface area contributed by atoms with Crippen molar-refractivity contribution in [2.75, 3.05) is 24.5 Å². The zero-order valence-electron chi connectivity index (χ0n) is 14.6. The Kier molecular flexibility index (Phi) is 5.70. The third-order valence-corrected chi connectivity index (χ3v) is 4.33. The lowest BCUT2D eigenvalue weighted by Gasteiger charge is -2.20. The summed E-state index contributed by atoms with van der Waals surface area (Å²) in [4.78, 5) is 37.0. The number of furan rings is 1. The predicted octanol–water partition coefficient (Wildman–Crippen LogP) is 1.83. The molecule has 0 unspecified atom stereocenters. The Bertz CT molecular complexity index is 828. The van der Waals surface area contributed by atoms with Crippen molar-refractivity contribution in [2.24, 2.45) is 0 Å². The van der Waals surface area contributed by atoms with Crippen molar-refractivity contribution in [3.8, 4) is 0 Å². The maximum atomic E-state index is 12.6. The van der Waals surface area contributed by atoms with Crippen molar-refractivity contribution in [1.29, 1.82) is 0 Å². The van der Waals surface area contributed by atoms with Gasteiger partial charge in [-0.1, -0.05) is 0 Å². The first-order valence-corrected chi connectivity index (χ1v) is 8.65. The zero-order valence-corrected chi connectivity index (χ0v) is 14.6. The molecule has 0 radical (unpaired) electrons. The van der Waals surface area contributed by atoms with Crippen molar-refractivity contribution >= 4 is 23.2 Å². The van der Waals surface area contributed by atoms with Gasteiger partial charge in [0.2, 0.25) is 5.91 Å². The van der Waals surface area contributed by atoms with Gasteiger partial charge in [-0.2, -0.15) is 0 Å². The maximum absolute atomic E-state index is 12.6. The van der Waals surface area contributed by atoms with E-state index < -0.39 is 10.8 Å². The van der Waals surface area contributed by atoms with Gasteiger partial charge in [0, 0.05) is 25.2 Å². The Hall–Kier alpha value is -3.36. The molecule has 0 spiro atoms. The van der Waals surface area contributed by atoms with Crippen LogP contribution >= 0.6 is 0 Å². The van der Waals surface area contributed by atoms with E-state index in [1.54, 1.807) is 18.2 Å². The van der Waals surface area contributed by atoms with E-state index in [9.17, 15) is 19.7 Å². The van der Waals surface area contributed by atoms with Gasteiger partial charge in [0.25, 0.3) is 11.6 Å². The van der Waals surface area contributed by atoms with Gasteiger partial charge in [-0.15, -0.1) is 0 Å². The molecule has 9 nitrogen and oxygen atoms in total. The molecule has 3 rings (SSSR count). The number of hydrogen-bond donors (Lipinski definition) is 2. The molecule has 1 fully saturated rings. The highest BCUT2D eigenvalue weighted by molar-refractivity contribution is 6.02. The van der Waals surface area contributed by atoms with E-state index in [-0.39, 0.29) is 30.2 Å².